The van der Waals surface area contributed by atoms with E-state index in [2.05, 4.69) is 31.4 Å². The van der Waals surface area contributed by atoms with Gasteiger partial charge in [0.2, 0.25) is 0 Å². The topological polar surface area (TPSA) is 24.1 Å². The fraction of sp³-hybridized carbons (Fsp3) is 1.00. The Bertz CT molecular complexity index is 231. The van der Waals surface area contributed by atoms with Crippen molar-refractivity contribution in [2.24, 2.45) is 11.3 Å². The summed E-state index contributed by atoms with van der Waals surface area (Å²) in [5, 5.41) is 7.38. The molecule has 2 fully saturated rings. The molecule has 1 aliphatic carbocycles. The SMILES string of the molecule is CCC(CC)(CC)NCC1CC12CCNCC2. The Morgan fingerprint density at radius 3 is 2.24 bits per heavy atom. The molecule has 0 amide bonds. The molecule has 1 heterocycles. The number of rotatable bonds is 6. The van der Waals surface area contributed by atoms with E-state index < -0.39 is 0 Å². The first kappa shape index (κ1) is 13.4. The van der Waals surface area contributed by atoms with E-state index in [4.69, 9.17) is 0 Å². The van der Waals surface area contributed by atoms with Crippen LogP contribution in [0.25, 0.3) is 0 Å². The zero-order chi connectivity index (χ0) is 12.4. The summed E-state index contributed by atoms with van der Waals surface area (Å²) < 4.78 is 0. The predicted molar refractivity (Wildman–Crippen MR) is 74.3 cm³/mol. The van der Waals surface area contributed by atoms with E-state index >= 15 is 0 Å². The fourth-order valence-electron chi connectivity index (χ4n) is 3.72. The lowest BCUT2D eigenvalue weighted by Gasteiger charge is -2.33. The third-order valence-corrected chi connectivity index (χ3v) is 5.71. The fourth-order valence-corrected chi connectivity index (χ4v) is 3.72. The van der Waals surface area contributed by atoms with Crippen LogP contribution in [0.2, 0.25) is 0 Å². The summed E-state index contributed by atoms with van der Waals surface area (Å²) in [4.78, 5) is 0. The van der Waals surface area contributed by atoms with Crippen molar-refractivity contribution in [2.75, 3.05) is 19.6 Å². The van der Waals surface area contributed by atoms with Crippen molar-refractivity contribution in [2.45, 2.75) is 64.8 Å². The van der Waals surface area contributed by atoms with Crippen molar-refractivity contribution in [3.63, 3.8) is 0 Å². The monoisotopic (exact) mass is 238 g/mol. The van der Waals surface area contributed by atoms with Gasteiger partial charge in [-0.1, -0.05) is 20.8 Å². The highest BCUT2D eigenvalue weighted by atomic mass is 15.0. The molecule has 100 valence electrons. The van der Waals surface area contributed by atoms with Crippen molar-refractivity contribution in [3.05, 3.63) is 0 Å². The molecule has 0 radical (unpaired) electrons. The van der Waals surface area contributed by atoms with Crippen LogP contribution in [0.4, 0.5) is 0 Å². The third-order valence-electron chi connectivity index (χ3n) is 5.71. The van der Waals surface area contributed by atoms with Gasteiger partial charge in [0, 0.05) is 5.54 Å². The highest BCUT2D eigenvalue weighted by Crippen LogP contribution is 2.58. The summed E-state index contributed by atoms with van der Waals surface area (Å²) in [6.45, 7) is 10.7. The Hall–Kier alpha value is -0.0800. The zero-order valence-corrected chi connectivity index (χ0v) is 11.9. The van der Waals surface area contributed by atoms with Gasteiger partial charge in [0.05, 0.1) is 0 Å². The summed E-state index contributed by atoms with van der Waals surface area (Å²) in [6.07, 6.45) is 8.10. The third kappa shape index (κ3) is 2.68. The molecule has 2 nitrogen and oxygen atoms in total. The summed E-state index contributed by atoms with van der Waals surface area (Å²) >= 11 is 0. The van der Waals surface area contributed by atoms with Gasteiger partial charge in [-0.15, -0.1) is 0 Å². The summed E-state index contributed by atoms with van der Waals surface area (Å²) in [5.41, 5.74) is 1.15. The lowest BCUT2D eigenvalue weighted by molar-refractivity contribution is 0.262. The predicted octanol–water partition coefficient (Wildman–Crippen LogP) is 2.93. The minimum atomic E-state index is 0.413. The maximum atomic E-state index is 3.90. The Morgan fingerprint density at radius 1 is 1.12 bits per heavy atom. The van der Waals surface area contributed by atoms with E-state index in [1.807, 2.05) is 0 Å². The second kappa shape index (κ2) is 5.27. The van der Waals surface area contributed by atoms with E-state index in [9.17, 15) is 0 Å². The Morgan fingerprint density at radius 2 is 1.71 bits per heavy atom. The van der Waals surface area contributed by atoms with E-state index in [0.29, 0.717) is 5.54 Å². The number of piperidine rings is 1. The van der Waals surface area contributed by atoms with E-state index in [1.54, 1.807) is 0 Å². The van der Waals surface area contributed by atoms with Crippen LogP contribution in [0.15, 0.2) is 0 Å². The van der Waals surface area contributed by atoms with Crippen LogP contribution in [0.1, 0.15) is 59.3 Å². The van der Waals surface area contributed by atoms with Crippen LogP contribution in [-0.4, -0.2) is 25.2 Å². The number of hydrogen-bond donors (Lipinski definition) is 2. The normalized spacial score (nSPS) is 27.4. The molecule has 1 saturated carbocycles. The largest absolute Gasteiger partial charge is 0.317 e. The summed E-state index contributed by atoms with van der Waals surface area (Å²) in [6, 6.07) is 0. The van der Waals surface area contributed by atoms with Gasteiger partial charge >= 0.3 is 0 Å². The maximum Gasteiger partial charge on any atom is 0.0173 e. The van der Waals surface area contributed by atoms with Crippen molar-refractivity contribution in [3.8, 4) is 0 Å². The Balaban J connectivity index is 1.79. The van der Waals surface area contributed by atoms with E-state index in [0.717, 1.165) is 11.3 Å². The molecule has 0 aromatic carbocycles. The van der Waals surface area contributed by atoms with Crippen LogP contribution in [-0.2, 0) is 0 Å². The van der Waals surface area contributed by atoms with Crippen molar-refractivity contribution >= 4 is 0 Å². The average molecular weight is 238 g/mol. The molecule has 1 saturated heterocycles. The van der Waals surface area contributed by atoms with Crippen LogP contribution < -0.4 is 10.6 Å². The zero-order valence-electron chi connectivity index (χ0n) is 11.9. The highest BCUT2D eigenvalue weighted by molar-refractivity contribution is 5.05. The highest BCUT2D eigenvalue weighted by Gasteiger charge is 2.53. The standard InChI is InChI=1S/C15H30N2/c1-4-15(5-2,6-3)17-12-13-11-14(13)7-9-16-10-8-14/h13,16-17H,4-12H2,1-3H3. The van der Waals surface area contributed by atoms with Crippen molar-refractivity contribution in [1.82, 2.24) is 10.6 Å². The van der Waals surface area contributed by atoms with Crippen molar-refractivity contribution in [1.29, 1.82) is 0 Å². The maximum absolute atomic E-state index is 3.90. The molecule has 1 atom stereocenters. The van der Waals surface area contributed by atoms with Crippen molar-refractivity contribution < 1.29 is 0 Å². The molecular formula is C15H30N2. The molecule has 0 aromatic rings. The molecule has 2 N–H and O–H groups in total. The molecule has 1 aliphatic heterocycles. The van der Waals surface area contributed by atoms with Gasteiger partial charge in [0.25, 0.3) is 0 Å². The average Bonchev–Trinajstić information content (AvgIpc) is 3.05. The van der Waals surface area contributed by atoms with Crippen LogP contribution in [0.3, 0.4) is 0 Å². The second-order valence-electron chi connectivity index (χ2n) is 6.24. The smallest absolute Gasteiger partial charge is 0.0173 e. The minimum absolute atomic E-state index is 0.413. The van der Waals surface area contributed by atoms with Crippen LogP contribution in [0.5, 0.6) is 0 Å². The lowest BCUT2D eigenvalue weighted by Crippen LogP contribution is -2.45. The molecule has 1 spiro atoms. The molecule has 2 aliphatic rings. The van der Waals surface area contributed by atoms with Gasteiger partial charge in [-0.05, 0) is 69.5 Å². The first-order valence-corrected chi connectivity index (χ1v) is 7.66. The van der Waals surface area contributed by atoms with Gasteiger partial charge in [-0.25, -0.2) is 0 Å². The minimum Gasteiger partial charge on any atom is -0.317 e. The van der Waals surface area contributed by atoms with E-state index in [-0.39, 0.29) is 0 Å². The summed E-state index contributed by atoms with van der Waals surface area (Å²) in [5.74, 6) is 0.966. The van der Waals surface area contributed by atoms with Gasteiger partial charge in [-0.3, -0.25) is 0 Å². The van der Waals surface area contributed by atoms with Crippen LogP contribution in [0, 0.1) is 11.3 Å². The quantitative estimate of drug-likeness (QED) is 0.743. The molecular weight excluding hydrogens is 208 g/mol. The second-order valence-corrected chi connectivity index (χ2v) is 6.24. The molecule has 2 rings (SSSR count). The van der Waals surface area contributed by atoms with Gasteiger partial charge in [0.15, 0.2) is 0 Å². The number of hydrogen-bond acceptors (Lipinski definition) is 2. The molecule has 0 bridgehead atoms. The summed E-state index contributed by atoms with van der Waals surface area (Å²) in [7, 11) is 0. The first-order valence-electron chi connectivity index (χ1n) is 7.66. The first-order chi connectivity index (χ1) is 8.20. The van der Waals surface area contributed by atoms with Crippen LogP contribution >= 0.6 is 0 Å². The molecule has 1 unspecified atom stereocenters. The van der Waals surface area contributed by atoms with Gasteiger partial charge < -0.3 is 10.6 Å². The molecule has 0 aromatic heterocycles. The van der Waals surface area contributed by atoms with E-state index in [1.165, 1.54) is 58.2 Å². The molecule has 2 heteroatoms. The Kier molecular flexibility index (Phi) is 4.14. The molecule has 17 heavy (non-hydrogen) atoms. The Labute approximate surface area is 107 Å². The van der Waals surface area contributed by atoms with Gasteiger partial charge in [0.1, 0.15) is 0 Å². The number of nitrogens with one attached hydrogen (secondary N) is 2. The van der Waals surface area contributed by atoms with Gasteiger partial charge in [-0.2, -0.15) is 0 Å². The lowest BCUT2D eigenvalue weighted by atomic mass is 9.88.